The molecule has 0 spiro atoms. The van der Waals surface area contributed by atoms with Gasteiger partial charge in [0.2, 0.25) is 5.91 Å². The first-order chi connectivity index (χ1) is 8.19. The molecule has 0 fully saturated rings. The third kappa shape index (κ3) is 4.19. The van der Waals surface area contributed by atoms with Gasteiger partial charge >= 0.3 is 0 Å². The molecule has 3 heteroatoms. The second-order valence-corrected chi connectivity index (χ2v) is 4.40. The molecule has 0 bridgehead atoms. The first-order valence-electron chi connectivity index (χ1n) is 6.18. The molecule has 3 nitrogen and oxygen atoms in total. The first-order valence-corrected chi connectivity index (χ1v) is 6.18. The van der Waals surface area contributed by atoms with Gasteiger partial charge in [-0.05, 0) is 12.0 Å². The van der Waals surface area contributed by atoms with Crippen molar-refractivity contribution in [2.45, 2.75) is 26.3 Å². The summed E-state index contributed by atoms with van der Waals surface area (Å²) in [5.74, 6) is 0.118. The number of carbonyl (C=O) groups excluding carboxylic acids is 1. The SMILES string of the molecule is CCCC(CN)C(=O)N(C)Cc1ccccc1. The van der Waals surface area contributed by atoms with Crippen molar-refractivity contribution in [2.24, 2.45) is 11.7 Å². The van der Waals surface area contributed by atoms with Crippen LogP contribution in [0.25, 0.3) is 0 Å². The number of amides is 1. The summed E-state index contributed by atoms with van der Waals surface area (Å²) in [6, 6.07) is 10.0. The molecule has 1 atom stereocenters. The number of hydrogen-bond donors (Lipinski definition) is 1. The maximum Gasteiger partial charge on any atom is 0.226 e. The van der Waals surface area contributed by atoms with E-state index < -0.39 is 0 Å². The summed E-state index contributed by atoms with van der Waals surface area (Å²) in [7, 11) is 1.84. The monoisotopic (exact) mass is 234 g/mol. The molecule has 0 aliphatic heterocycles. The van der Waals surface area contributed by atoms with Gasteiger partial charge in [0.05, 0.1) is 5.92 Å². The molecule has 0 heterocycles. The van der Waals surface area contributed by atoms with Gasteiger partial charge in [-0.2, -0.15) is 0 Å². The lowest BCUT2D eigenvalue weighted by atomic mass is 10.0. The lowest BCUT2D eigenvalue weighted by molar-refractivity contribution is -0.134. The zero-order chi connectivity index (χ0) is 12.7. The number of nitrogens with zero attached hydrogens (tertiary/aromatic N) is 1. The van der Waals surface area contributed by atoms with E-state index in [9.17, 15) is 4.79 Å². The Morgan fingerprint density at radius 2 is 2.00 bits per heavy atom. The van der Waals surface area contributed by atoms with E-state index in [1.807, 2.05) is 37.4 Å². The van der Waals surface area contributed by atoms with Crippen LogP contribution < -0.4 is 5.73 Å². The molecule has 0 aliphatic rings. The maximum absolute atomic E-state index is 12.1. The van der Waals surface area contributed by atoms with Crippen LogP contribution in [0.15, 0.2) is 30.3 Å². The highest BCUT2D eigenvalue weighted by Crippen LogP contribution is 2.11. The van der Waals surface area contributed by atoms with Crippen molar-refractivity contribution < 1.29 is 4.79 Å². The van der Waals surface area contributed by atoms with Crippen LogP contribution in [0.2, 0.25) is 0 Å². The Morgan fingerprint density at radius 1 is 1.35 bits per heavy atom. The van der Waals surface area contributed by atoms with Crippen LogP contribution in [0.1, 0.15) is 25.3 Å². The van der Waals surface area contributed by atoms with Crippen molar-refractivity contribution in [1.29, 1.82) is 0 Å². The molecule has 0 aliphatic carbocycles. The van der Waals surface area contributed by atoms with Crippen molar-refractivity contribution in [2.75, 3.05) is 13.6 Å². The minimum atomic E-state index is -0.0336. The zero-order valence-corrected chi connectivity index (χ0v) is 10.7. The van der Waals surface area contributed by atoms with Gasteiger partial charge in [-0.3, -0.25) is 4.79 Å². The van der Waals surface area contributed by atoms with Crippen molar-refractivity contribution in [1.82, 2.24) is 4.90 Å². The fraction of sp³-hybridized carbons (Fsp3) is 0.500. The Kier molecular flexibility index (Phi) is 5.70. The van der Waals surface area contributed by atoms with Crippen LogP contribution in [0.5, 0.6) is 0 Å². The van der Waals surface area contributed by atoms with E-state index in [4.69, 9.17) is 5.73 Å². The minimum Gasteiger partial charge on any atom is -0.341 e. The summed E-state index contributed by atoms with van der Waals surface area (Å²) in [4.78, 5) is 13.9. The molecular weight excluding hydrogens is 212 g/mol. The van der Waals surface area contributed by atoms with Gasteiger partial charge in [-0.25, -0.2) is 0 Å². The predicted octanol–water partition coefficient (Wildman–Crippen LogP) is 2.02. The van der Waals surface area contributed by atoms with Crippen molar-refractivity contribution in [3.8, 4) is 0 Å². The van der Waals surface area contributed by atoms with Crippen molar-refractivity contribution >= 4 is 5.91 Å². The first kappa shape index (κ1) is 13.7. The molecule has 1 unspecified atom stereocenters. The van der Waals surface area contributed by atoms with E-state index in [1.165, 1.54) is 0 Å². The van der Waals surface area contributed by atoms with Crippen molar-refractivity contribution in [3.63, 3.8) is 0 Å². The van der Waals surface area contributed by atoms with Crippen LogP contribution in [-0.4, -0.2) is 24.4 Å². The van der Waals surface area contributed by atoms with Crippen LogP contribution >= 0.6 is 0 Å². The highest BCUT2D eigenvalue weighted by atomic mass is 16.2. The molecule has 2 N–H and O–H groups in total. The molecule has 0 saturated heterocycles. The predicted molar refractivity (Wildman–Crippen MR) is 70.4 cm³/mol. The normalized spacial score (nSPS) is 12.2. The van der Waals surface area contributed by atoms with E-state index in [0.717, 1.165) is 18.4 Å². The third-order valence-corrected chi connectivity index (χ3v) is 2.91. The molecule has 17 heavy (non-hydrogen) atoms. The number of rotatable bonds is 6. The molecule has 94 valence electrons. The molecular formula is C14H22N2O. The molecule has 1 aromatic rings. The van der Waals surface area contributed by atoms with Gasteiger partial charge in [0.1, 0.15) is 0 Å². The summed E-state index contributed by atoms with van der Waals surface area (Å²) in [6.07, 6.45) is 1.86. The highest BCUT2D eigenvalue weighted by Gasteiger charge is 2.19. The molecule has 0 radical (unpaired) electrons. The second kappa shape index (κ2) is 7.07. The lowest BCUT2D eigenvalue weighted by Gasteiger charge is -2.22. The number of carbonyl (C=O) groups is 1. The summed E-state index contributed by atoms with van der Waals surface area (Å²) in [5, 5.41) is 0. The van der Waals surface area contributed by atoms with E-state index >= 15 is 0 Å². The molecule has 1 rings (SSSR count). The van der Waals surface area contributed by atoms with Gasteiger partial charge in [0, 0.05) is 20.1 Å². The standard InChI is InChI=1S/C14H22N2O/c1-3-7-13(10-15)14(17)16(2)11-12-8-5-4-6-9-12/h4-6,8-9,13H,3,7,10-11,15H2,1-2H3. The summed E-state index contributed by atoms with van der Waals surface area (Å²) in [5.41, 5.74) is 6.79. The Labute approximate surface area is 104 Å². The average molecular weight is 234 g/mol. The minimum absolute atomic E-state index is 0.0336. The second-order valence-electron chi connectivity index (χ2n) is 4.40. The Bertz CT molecular complexity index is 337. The van der Waals surface area contributed by atoms with E-state index in [-0.39, 0.29) is 11.8 Å². The lowest BCUT2D eigenvalue weighted by Crippen LogP contribution is -2.36. The third-order valence-electron chi connectivity index (χ3n) is 2.91. The Balaban J connectivity index is 2.57. The van der Waals surface area contributed by atoms with Gasteiger partial charge in [-0.1, -0.05) is 43.7 Å². The summed E-state index contributed by atoms with van der Waals surface area (Å²) in [6.45, 7) is 3.17. The van der Waals surface area contributed by atoms with Crippen molar-refractivity contribution in [3.05, 3.63) is 35.9 Å². The van der Waals surface area contributed by atoms with E-state index in [0.29, 0.717) is 13.1 Å². The van der Waals surface area contributed by atoms with Gasteiger partial charge in [0.25, 0.3) is 0 Å². The molecule has 0 saturated carbocycles. The largest absolute Gasteiger partial charge is 0.341 e. The van der Waals surface area contributed by atoms with Gasteiger partial charge in [0.15, 0.2) is 0 Å². The van der Waals surface area contributed by atoms with Crippen LogP contribution in [0, 0.1) is 5.92 Å². The molecule has 1 aromatic carbocycles. The average Bonchev–Trinajstić information content (AvgIpc) is 2.36. The van der Waals surface area contributed by atoms with Crippen LogP contribution in [0.4, 0.5) is 0 Å². The number of benzene rings is 1. The van der Waals surface area contributed by atoms with Gasteiger partial charge < -0.3 is 10.6 Å². The van der Waals surface area contributed by atoms with E-state index in [2.05, 4.69) is 6.92 Å². The van der Waals surface area contributed by atoms with Gasteiger partial charge in [-0.15, -0.1) is 0 Å². The van der Waals surface area contributed by atoms with Crippen LogP contribution in [0.3, 0.4) is 0 Å². The van der Waals surface area contributed by atoms with Crippen LogP contribution in [-0.2, 0) is 11.3 Å². The number of nitrogens with two attached hydrogens (primary N) is 1. The fourth-order valence-corrected chi connectivity index (χ4v) is 1.94. The Hall–Kier alpha value is -1.35. The topological polar surface area (TPSA) is 46.3 Å². The fourth-order valence-electron chi connectivity index (χ4n) is 1.94. The maximum atomic E-state index is 12.1. The highest BCUT2D eigenvalue weighted by molar-refractivity contribution is 5.78. The summed E-state index contributed by atoms with van der Waals surface area (Å²) < 4.78 is 0. The summed E-state index contributed by atoms with van der Waals surface area (Å²) >= 11 is 0. The quantitative estimate of drug-likeness (QED) is 0.818. The molecule has 1 amide bonds. The smallest absolute Gasteiger partial charge is 0.226 e. The molecule has 0 aromatic heterocycles. The number of hydrogen-bond acceptors (Lipinski definition) is 2. The Morgan fingerprint density at radius 3 is 2.53 bits per heavy atom. The van der Waals surface area contributed by atoms with E-state index in [1.54, 1.807) is 4.90 Å². The zero-order valence-electron chi connectivity index (χ0n) is 10.7.